The molecule has 0 aromatic carbocycles. The van der Waals surface area contributed by atoms with Gasteiger partial charge in [0.2, 0.25) is 0 Å². The molecule has 27 heavy (non-hydrogen) atoms. The molecular formula is C18H20N6OS2. The van der Waals surface area contributed by atoms with Gasteiger partial charge in [-0.3, -0.25) is 13.9 Å². The Bertz CT molecular complexity index is 1080. The molecule has 4 aromatic rings. The lowest BCUT2D eigenvalue weighted by atomic mass is 10.2. The third kappa shape index (κ3) is 3.32. The number of carbonyl (C=O) groups excluding carboxylic acids is 1. The van der Waals surface area contributed by atoms with Crippen molar-refractivity contribution in [2.45, 2.75) is 19.4 Å². The van der Waals surface area contributed by atoms with Gasteiger partial charge in [0.15, 0.2) is 11.5 Å². The zero-order valence-electron chi connectivity index (χ0n) is 15.3. The molecule has 140 valence electrons. The van der Waals surface area contributed by atoms with E-state index < -0.39 is 0 Å². The van der Waals surface area contributed by atoms with Gasteiger partial charge in [0.25, 0.3) is 5.91 Å². The highest BCUT2D eigenvalue weighted by atomic mass is 32.2. The number of fused-ring (bicyclic) bond motifs is 2. The summed E-state index contributed by atoms with van der Waals surface area (Å²) >= 11 is 3.21. The van der Waals surface area contributed by atoms with Crippen LogP contribution in [0.2, 0.25) is 0 Å². The summed E-state index contributed by atoms with van der Waals surface area (Å²) in [7, 11) is 1.90. The first-order valence-corrected chi connectivity index (χ1v) is 10.8. The molecule has 4 heterocycles. The average molecular weight is 401 g/mol. The van der Waals surface area contributed by atoms with Crippen molar-refractivity contribution in [3.63, 3.8) is 0 Å². The van der Waals surface area contributed by atoms with Crippen molar-refractivity contribution in [1.29, 1.82) is 0 Å². The van der Waals surface area contributed by atoms with Crippen LogP contribution in [0, 0.1) is 6.92 Å². The smallest absolute Gasteiger partial charge is 0.262 e. The van der Waals surface area contributed by atoms with Crippen molar-refractivity contribution in [2.75, 3.05) is 12.0 Å². The molecule has 1 atom stereocenters. The second-order valence-electron chi connectivity index (χ2n) is 6.33. The van der Waals surface area contributed by atoms with E-state index in [4.69, 9.17) is 0 Å². The summed E-state index contributed by atoms with van der Waals surface area (Å²) in [4.78, 5) is 14.6. The average Bonchev–Trinajstić information content (AvgIpc) is 3.35. The zero-order chi connectivity index (χ0) is 19.0. The van der Waals surface area contributed by atoms with Crippen LogP contribution in [0.15, 0.2) is 30.5 Å². The topological polar surface area (TPSA) is 77.1 Å². The van der Waals surface area contributed by atoms with Gasteiger partial charge in [0, 0.05) is 18.6 Å². The van der Waals surface area contributed by atoms with Gasteiger partial charge >= 0.3 is 0 Å². The van der Waals surface area contributed by atoms with E-state index in [0.717, 1.165) is 39.6 Å². The lowest BCUT2D eigenvalue weighted by Crippen LogP contribution is -2.29. The molecule has 1 amide bonds. The van der Waals surface area contributed by atoms with Crippen LogP contribution in [0.1, 0.15) is 33.7 Å². The third-order valence-electron chi connectivity index (χ3n) is 4.49. The summed E-state index contributed by atoms with van der Waals surface area (Å²) in [5.74, 6) is 1.59. The van der Waals surface area contributed by atoms with Crippen molar-refractivity contribution in [1.82, 2.24) is 29.7 Å². The Balaban J connectivity index is 1.64. The molecule has 0 saturated carbocycles. The van der Waals surface area contributed by atoms with E-state index in [1.54, 1.807) is 11.8 Å². The van der Waals surface area contributed by atoms with Crippen LogP contribution in [0.5, 0.6) is 0 Å². The number of amides is 1. The van der Waals surface area contributed by atoms with Gasteiger partial charge in [-0.2, -0.15) is 16.9 Å². The van der Waals surface area contributed by atoms with Gasteiger partial charge < -0.3 is 5.32 Å². The van der Waals surface area contributed by atoms with Crippen LogP contribution in [-0.2, 0) is 7.05 Å². The molecule has 0 saturated heterocycles. The van der Waals surface area contributed by atoms with Crippen LogP contribution < -0.4 is 5.32 Å². The number of aryl methyl sites for hydroxylation is 2. The Morgan fingerprint density at radius 1 is 1.37 bits per heavy atom. The fraction of sp³-hybridized carbons (Fsp3) is 0.333. The zero-order valence-corrected chi connectivity index (χ0v) is 17.0. The Hall–Kier alpha value is -2.39. The van der Waals surface area contributed by atoms with Crippen molar-refractivity contribution < 1.29 is 4.79 Å². The Kier molecular flexibility index (Phi) is 4.88. The molecule has 7 nitrogen and oxygen atoms in total. The lowest BCUT2D eigenvalue weighted by molar-refractivity contribution is 0.0938. The van der Waals surface area contributed by atoms with Crippen LogP contribution >= 0.6 is 23.1 Å². The first kappa shape index (κ1) is 18.0. The van der Waals surface area contributed by atoms with E-state index in [0.29, 0.717) is 4.88 Å². The van der Waals surface area contributed by atoms with E-state index in [1.807, 2.05) is 53.5 Å². The molecule has 0 bridgehead atoms. The van der Waals surface area contributed by atoms with Gasteiger partial charge in [-0.15, -0.1) is 21.5 Å². The minimum atomic E-state index is -0.202. The van der Waals surface area contributed by atoms with Gasteiger partial charge in [0.05, 0.1) is 16.6 Å². The van der Waals surface area contributed by atoms with Gasteiger partial charge in [-0.25, -0.2) is 0 Å². The Labute approximate surface area is 164 Å². The monoisotopic (exact) mass is 400 g/mol. The summed E-state index contributed by atoms with van der Waals surface area (Å²) in [5, 5.41) is 17.1. The fourth-order valence-electron chi connectivity index (χ4n) is 3.15. The van der Waals surface area contributed by atoms with E-state index in [2.05, 4.69) is 26.9 Å². The van der Waals surface area contributed by atoms with Gasteiger partial charge in [0.1, 0.15) is 4.83 Å². The number of thioether (sulfide) groups is 1. The van der Waals surface area contributed by atoms with Crippen LogP contribution in [0.25, 0.3) is 15.9 Å². The number of thiophene rings is 1. The molecular weight excluding hydrogens is 380 g/mol. The second-order valence-corrected chi connectivity index (χ2v) is 8.35. The number of pyridine rings is 1. The third-order valence-corrected chi connectivity index (χ3v) is 6.33. The minimum Gasteiger partial charge on any atom is -0.341 e. The summed E-state index contributed by atoms with van der Waals surface area (Å²) < 4.78 is 3.76. The second kappa shape index (κ2) is 7.32. The number of carbonyl (C=O) groups is 1. The molecule has 0 radical (unpaired) electrons. The van der Waals surface area contributed by atoms with Crippen LogP contribution in [0.3, 0.4) is 0 Å². The molecule has 0 spiro atoms. The highest BCUT2D eigenvalue weighted by Crippen LogP contribution is 2.28. The molecule has 0 aliphatic carbocycles. The predicted octanol–water partition coefficient (Wildman–Crippen LogP) is 3.21. The lowest BCUT2D eigenvalue weighted by Gasteiger charge is -2.16. The van der Waals surface area contributed by atoms with Crippen LogP contribution in [0.4, 0.5) is 0 Å². The maximum Gasteiger partial charge on any atom is 0.262 e. The summed E-state index contributed by atoms with van der Waals surface area (Å²) in [6.07, 6.45) is 4.77. The highest BCUT2D eigenvalue weighted by molar-refractivity contribution is 7.98. The number of aromatic nitrogens is 5. The molecule has 9 heteroatoms. The molecule has 0 aliphatic rings. The number of nitrogens with one attached hydrogen (secondary N) is 1. The van der Waals surface area contributed by atoms with E-state index in [-0.39, 0.29) is 11.9 Å². The van der Waals surface area contributed by atoms with E-state index in [9.17, 15) is 4.79 Å². The molecule has 1 N–H and O–H groups in total. The minimum absolute atomic E-state index is 0.0885. The summed E-state index contributed by atoms with van der Waals surface area (Å²) in [6, 6.07) is 7.50. The Morgan fingerprint density at radius 3 is 3.00 bits per heavy atom. The van der Waals surface area contributed by atoms with Crippen molar-refractivity contribution in [3.8, 4) is 0 Å². The maximum atomic E-state index is 12.9. The number of rotatable bonds is 6. The molecule has 4 aromatic heterocycles. The first-order chi connectivity index (χ1) is 13.1. The van der Waals surface area contributed by atoms with Gasteiger partial charge in [-0.1, -0.05) is 6.07 Å². The predicted molar refractivity (Wildman–Crippen MR) is 110 cm³/mol. The number of hydrogen-bond donors (Lipinski definition) is 1. The number of nitrogens with zero attached hydrogens (tertiary/aromatic N) is 5. The molecule has 4 rings (SSSR count). The van der Waals surface area contributed by atoms with Crippen LogP contribution in [-0.4, -0.2) is 42.3 Å². The summed E-state index contributed by atoms with van der Waals surface area (Å²) in [5.41, 5.74) is 1.71. The quantitative estimate of drug-likeness (QED) is 0.538. The molecule has 0 fully saturated rings. The summed E-state index contributed by atoms with van der Waals surface area (Å²) in [6.45, 7) is 1.96. The highest BCUT2D eigenvalue weighted by Gasteiger charge is 2.22. The maximum absolute atomic E-state index is 12.9. The molecule has 0 aliphatic heterocycles. The van der Waals surface area contributed by atoms with Crippen molar-refractivity contribution >= 4 is 44.9 Å². The van der Waals surface area contributed by atoms with E-state index in [1.165, 1.54) is 11.3 Å². The van der Waals surface area contributed by atoms with Gasteiger partial charge in [-0.05, 0) is 43.6 Å². The SMILES string of the molecule is CSCCC(NC(=O)c1cc2c(C)nn(C)c2s1)c1nnc2ccccn12. The first-order valence-electron chi connectivity index (χ1n) is 8.61. The standard InChI is InChI=1S/C18H20N6OS2/c1-11-12-10-14(27-18(12)23(2)22-11)17(25)19-13(7-9-26-3)16-21-20-15-6-4-5-8-24(15)16/h4-6,8,10,13H,7,9H2,1-3H3,(H,19,25). The van der Waals surface area contributed by atoms with Crippen molar-refractivity contribution in [3.05, 3.63) is 46.9 Å². The van der Waals surface area contributed by atoms with Crippen molar-refractivity contribution in [2.24, 2.45) is 7.05 Å². The number of hydrogen-bond acceptors (Lipinski definition) is 6. The molecule has 1 unspecified atom stereocenters. The normalized spacial score (nSPS) is 12.7. The fourth-order valence-corrected chi connectivity index (χ4v) is 4.64. The Morgan fingerprint density at radius 2 is 2.22 bits per heavy atom. The largest absolute Gasteiger partial charge is 0.341 e. The van der Waals surface area contributed by atoms with E-state index >= 15 is 0 Å².